The third-order valence-electron chi connectivity index (χ3n) is 2.28. The molecular formula is C9H9F9O2. The van der Waals surface area contributed by atoms with Crippen LogP contribution in [0.15, 0.2) is 0 Å². The summed E-state index contributed by atoms with van der Waals surface area (Å²) in [5.41, 5.74) is 0. The molecule has 0 aromatic carbocycles. The van der Waals surface area contributed by atoms with Crippen LogP contribution >= 0.6 is 0 Å². The predicted octanol–water partition coefficient (Wildman–Crippen LogP) is 3.80. The predicted molar refractivity (Wildman–Crippen MR) is 46.7 cm³/mol. The molecule has 0 aliphatic rings. The van der Waals surface area contributed by atoms with E-state index in [1.165, 1.54) is 6.92 Å². The fourth-order valence-electron chi connectivity index (χ4n) is 0.843. The fourth-order valence-corrected chi connectivity index (χ4v) is 0.843. The number of carbonyl (C=O) groups is 1. The fraction of sp³-hybridized carbons (Fsp3) is 0.889. The quantitative estimate of drug-likeness (QED) is 0.569. The van der Waals surface area contributed by atoms with Crippen LogP contribution < -0.4 is 0 Å². The van der Waals surface area contributed by atoms with E-state index in [0.717, 1.165) is 6.92 Å². The number of hydrogen-bond acceptors (Lipinski definition) is 2. The lowest BCUT2D eigenvalue weighted by atomic mass is 10.0. The van der Waals surface area contributed by atoms with Crippen molar-refractivity contribution in [2.45, 2.75) is 50.3 Å². The summed E-state index contributed by atoms with van der Waals surface area (Å²) in [5.74, 6) is -23.6. The lowest BCUT2D eigenvalue weighted by molar-refractivity contribution is -0.391. The maximum Gasteiger partial charge on any atom is 0.460 e. The largest absolute Gasteiger partial charge is 0.460 e. The van der Waals surface area contributed by atoms with Gasteiger partial charge in [0.25, 0.3) is 0 Å². The Morgan fingerprint density at radius 3 is 1.65 bits per heavy atom. The number of alkyl halides is 9. The molecule has 0 N–H and O–H groups in total. The minimum Gasteiger partial charge on any atom is -0.458 e. The van der Waals surface area contributed by atoms with Gasteiger partial charge in [-0.1, -0.05) is 6.92 Å². The molecule has 20 heavy (non-hydrogen) atoms. The molecule has 0 bridgehead atoms. The van der Waals surface area contributed by atoms with Crippen LogP contribution in [0.2, 0.25) is 0 Å². The Hall–Kier alpha value is -1.16. The van der Waals surface area contributed by atoms with Gasteiger partial charge in [0.2, 0.25) is 0 Å². The molecule has 1 atom stereocenters. The third-order valence-corrected chi connectivity index (χ3v) is 2.28. The first-order valence-corrected chi connectivity index (χ1v) is 5.04. The monoisotopic (exact) mass is 320 g/mol. The second-order valence-electron chi connectivity index (χ2n) is 3.85. The highest BCUT2D eigenvalue weighted by molar-refractivity contribution is 5.79. The topological polar surface area (TPSA) is 26.3 Å². The molecule has 0 saturated carbocycles. The first kappa shape index (κ1) is 18.8. The Balaban J connectivity index is 5.52. The lowest BCUT2D eigenvalue weighted by Gasteiger charge is -2.32. The van der Waals surface area contributed by atoms with E-state index in [-0.39, 0.29) is 6.42 Å². The zero-order chi connectivity index (χ0) is 16.6. The van der Waals surface area contributed by atoms with Gasteiger partial charge in [-0.2, -0.15) is 39.5 Å². The molecule has 0 saturated heterocycles. The van der Waals surface area contributed by atoms with E-state index >= 15 is 0 Å². The molecule has 0 spiro atoms. The molecule has 11 heteroatoms. The second-order valence-corrected chi connectivity index (χ2v) is 3.85. The maximum absolute atomic E-state index is 12.9. The van der Waals surface area contributed by atoms with E-state index in [0.29, 0.717) is 0 Å². The number of hydrogen-bond donors (Lipinski definition) is 0. The maximum atomic E-state index is 12.9. The van der Waals surface area contributed by atoms with Crippen molar-refractivity contribution in [3.05, 3.63) is 0 Å². The van der Waals surface area contributed by atoms with Gasteiger partial charge in [-0.3, -0.25) is 0 Å². The van der Waals surface area contributed by atoms with Gasteiger partial charge in [-0.15, -0.1) is 0 Å². The van der Waals surface area contributed by atoms with Gasteiger partial charge in [0.05, 0.1) is 6.10 Å². The summed E-state index contributed by atoms with van der Waals surface area (Å²) < 4.78 is 115. The summed E-state index contributed by atoms with van der Waals surface area (Å²) in [6.07, 6.45) is -8.46. The number of halogens is 9. The highest BCUT2D eigenvalue weighted by atomic mass is 19.4. The van der Waals surface area contributed by atoms with Gasteiger partial charge in [0.15, 0.2) is 0 Å². The first-order valence-electron chi connectivity index (χ1n) is 5.04. The minimum atomic E-state index is -7.10. The SMILES string of the molecule is CCC(C)OC(=O)C(F)(F)C(F)(F)C(F)(F)C(F)(F)F. The van der Waals surface area contributed by atoms with Crippen LogP contribution in [0.5, 0.6) is 0 Å². The van der Waals surface area contributed by atoms with Gasteiger partial charge >= 0.3 is 29.9 Å². The molecule has 1 unspecified atom stereocenters. The second kappa shape index (κ2) is 5.32. The highest BCUT2D eigenvalue weighted by Gasteiger charge is 2.84. The molecule has 0 amide bonds. The Kier molecular flexibility index (Phi) is 5.01. The van der Waals surface area contributed by atoms with Gasteiger partial charge in [-0.25, -0.2) is 4.79 Å². The number of carbonyl (C=O) groups excluding carboxylic acids is 1. The molecule has 0 heterocycles. The van der Waals surface area contributed by atoms with Crippen LogP contribution in [0.3, 0.4) is 0 Å². The van der Waals surface area contributed by atoms with Crippen LogP contribution in [0.25, 0.3) is 0 Å². The molecule has 2 nitrogen and oxygen atoms in total. The summed E-state index contributed by atoms with van der Waals surface area (Å²) in [7, 11) is 0. The number of esters is 1. The zero-order valence-corrected chi connectivity index (χ0v) is 10.0. The van der Waals surface area contributed by atoms with Crippen molar-refractivity contribution in [1.29, 1.82) is 0 Å². The van der Waals surface area contributed by atoms with Crippen LogP contribution in [0.1, 0.15) is 20.3 Å². The van der Waals surface area contributed by atoms with Crippen molar-refractivity contribution in [2.24, 2.45) is 0 Å². The van der Waals surface area contributed by atoms with Gasteiger partial charge in [-0.05, 0) is 13.3 Å². The first-order chi connectivity index (χ1) is 8.63. The molecular weight excluding hydrogens is 311 g/mol. The van der Waals surface area contributed by atoms with E-state index in [9.17, 15) is 44.3 Å². The molecule has 0 radical (unpaired) electrons. The van der Waals surface area contributed by atoms with Gasteiger partial charge in [0.1, 0.15) is 0 Å². The van der Waals surface area contributed by atoms with Crippen LogP contribution in [-0.4, -0.2) is 36.0 Å². The summed E-state index contributed by atoms with van der Waals surface area (Å²) in [5, 5.41) is 0. The van der Waals surface area contributed by atoms with Crippen molar-refractivity contribution >= 4 is 5.97 Å². The summed E-state index contributed by atoms with van der Waals surface area (Å²) in [6, 6.07) is 0. The van der Waals surface area contributed by atoms with Crippen molar-refractivity contribution in [1.82, 2.24) is 0 Å². The van der Waals surface area contributed by atoms with Crippen molar-refractivity contribution in [2.75, 3.05) is 0 Å². The van der Waals surface area contributed by atoms with Gasteiger partial charge in [0, 0.05) is 0 Å². The van der Waals surface area contributed by atoms with E-state index in [4.69, 9.17) is 0 Å². The smallest absolute Gasteiger partial charge is 0.458 e. The Morgan fingerprint density at radius 1 is 0.950 bits per heavy atom. The summed E-state index contributed by atoms with van der Waals surface area (Å²) in [6.45, 7) is 2.24. The molecule has 120 valence electrons. The van der Waals surface area contributed by atoms with Crippen LogP contribution in [-0.2, 0) is 9.53 Å². The average molecular weight is 320 g/mol. The molecule has 0 aromatic rings. The van der Waals surface area contributed by atoms with Crippen LogP contribution in [0.4, 0.5) is 39.5 Å². The Labute approximate surface area is 106 Å². The van der Waals surface area contributed by atoms with Crippen LogP contribution in [0, 0.1) is 0 Å². The highest BCUT2D eigenvalue weighted by Crippen LogP contribution is 2.53. The molecule has 0 fully saturated rings. The minimum absolute atomic E-state index is 0.136. The Bertz CT molecular complexity index is 361. The van der Waals surface area contributed by atoms with E-state index in [1.54, 1.807) is 0 Å². The molecule has 0 aliphatic carbocycles. The summed E-state index contributed by atoms with van der Waals surface area (Å²) in [4.78, 5) is 10.7. The molecule has 0 aromatic heterocycles. The van der Waals surface area contributed by atoms with E-state index in [2.05, 4.69) is 4.74 Å². The van der Waals surface area contributed by atoms with Crippen molar-refractivity contribution in [3.63, 3.8) is 0 Å². The van der Waals surface area contributed by atoms with E-state index in [1.807, 2.05) is 0 Å². The Morgan fingerprint density at radius 2 is 1.35 bits per heavy atom. The normalized spacial score (nSPS) is 15.9. The molecule has 0 rings (SSSR count). The average Bonchev–Trinajstić information content (AvgIpc) is 2.26. The number of rotatable bonds is 5. The zero-order valence-electron chi connectivity index (χ0n) is 10.0. The van der Waals surface area contributed by atoms with Crippen molar-refractivity contribution < 1.29 is 49.0 Å². The van der Waals surface area contributed by atoms with Gasteiger partial charge < -0.3 is 4.74 Å². The summed E-state index contributed by atoms with van der Waals surface area (Å²) >= 11 is 0. The molecule has 0 aliphatic heterocycles. The van der Waals surface area contributed by atoms with Crippen molar-refractivity contribution in [3.8, 4) is 0 Å². The third kappa shape index (κ3) is 2.95. The standard InChI is InChI=1S/C9H9F9O2/c1-3-4(2)20-5(19)6(10,11)7(12,13)8(14,15)9(16,17)18/h4H,3H2,1-2H3. The van der Waals surface area contributed by atoms with E-state index < -0.39 is 36.0 Å². The lowest BCUT2D eigenvalue weighted by Crippen LogP contribution is -2.63. The number of ether oxygens (including phenoxy) is 1.